The normalized spacial score (nSPS) is 10.8. The van der Waals surface area contributed by atoms with Crippen molar-refractivity contribution in [1.82, 2.24) is 14.9 Å². The number of nitrogens with zero attached hydrogens (tertiary/aromatic N) is 2. The third-order valence-electron chi connectivity index (χ3n) is 2.01. The molecule has 0 aliphatic carbocycles. The quantitative estimate of drug-likeness (QED) is 0.805. The van der Waals surface area contributed by atoms with E-state index in [1.807, 2.05) is 18.7 Å². The maximum Gasteiger partial charge on any atom is 0.131 e. The van der Waals surface area contributed by atoms with Crippen LogP contribution < -0.4 is 5.32 Å². The lowest BCUT2D eigenvalue weighted by Gasteiger charge is -1.99. The average molecular weight is 202 g/mol. The summed E-state index contributed by atoms with van der Waals surface area (Å²) in [5.74, 6) is 0.996. The molecule has 1 aromatic heterocycles. The van der Waals surface area contributed by atoms with Crippen LogP contribution in [-0.2, 0) is 20.0 Å². The summed E-state index contributed by atoms with van der Waals surface area (Å²) < 4.78 is 1.93. The van der Waals surface area contributed by atoms with Gasteiger partial charge in [0.2, 0.25) is 0 Å². The van der Waals surface area contributed by atoms with Gasteiger partial charge in [-0.1, -0.05) is 24.9 Å². The largest absolute Gasteiger partial charge is 0.321 e. The molecule has 0 atom stereocenters. The fraction of sp³-hybridized carbons (Fsp3) is 0.667. The van der Waals surface area contributed by atoms with E-state index in [0.717, 1.165) is 36.1 Å². The molecule has 1 heterocycles. The highest BCUT2D eigenvalue weighted by atomic mass is 35.5. The highest BCUT2D eigenvalue weighted by Crippen LogP contribution is 2.17. The Balaban J connectivity index is 2.90. The van der Waals surface area contributed by atoms with Gasteiger partial charge >= 0.3 is 0 Å². The number of aryl methyl sites for hydroxylation is 1. The summed E-state index contributed by atoms with van der Waals surface area (Å²) in [5.41, 5.74) is 1.01. The highest BCUT2D eigenvalue weighted by molar-refractivity contribution is 6.30. The minimum atomic E-state index is 0.764. The highest BCUT2D eigenvalue weighted by Gasteiger charge is 2.10. The van der Waals surface area contributed by atoms with Gasteiger partial charge in [-0.05, 0) is 13.5 Å². The molecule has 74 valence electrons. The zero-order chi connectivity index (χ0) is 9.84. The van der Waals surface area contributed by atoms with Crippen LogP contribution in [0.15, 0.2) is 0 Å². The van der Waals surface area contributed by atoms with Crippen LogP contribution in [0.3, 0.4) is 0 Å². The fourth-order valence-corrected chi connectivity index (χ4v) is 1.53. The maximum atomic E-state index is 6.10. The third-order valence-corrected chi connectivity index (χ3v) is 2.48. The second-order valence-corrected chi connectivity index (χ2v) is 3.46. The van der Waals surface area contributed by atoms with Crippen molar-refractivity contribution in [3.8, 4) is 0 Å². The van der Waals surface area contributed by atoms with Gasteiger partial charge < -0.3 is 9.88 Å². The summed E-state index contributed by atoms with van der Waals surface area (Å²) >= 11 is 6.10. The Bertz CT molecular complexity index is 254. The van der Waals surface area contributed by atoms with Crippen molar-refractivity contribution in [1.29, 1.82) is 0 Å². The van der Waals surface area contributed by atoms with Gasteiger partial charge in [0.1, 0.15) is 11.0 Å². The monoisotopic (exact) mass is 201 g/mol. The molecule has 0 saturated heterocycles. The summed E-state index contributed by atoms with van der Waals surface area (Å²) in [7, 11) is 3.85. The zero-order valence-corrected chi connectivity index (χ0v) is 9.15. The van der Waals surface area contributed by atoms with E-state index >= 15 is 0 Å². The van der Waals surface area contributed by atoms with Crippen LogP contribution in [0.25, 0.3) is 0 Å². The number of hydrogen-bond acceptors (Lipinski definition) is 2. The van der Waals surface area contributed by atoms with E-state index in [1.165, 1.54) is 0 Å². The SMILES string of the molecule is CCCc1nc(CNC)n(C)c1Cl. The molecular formula is C9H16ClN3. The number of nitrogens with one attached hydrogen (secondary N) is 1. The van der Waals surface area contributed by atoms with Crippen LogP contribution in [0.2, 0.25) is 5.15 Å². The predicted molar refractivity (Wildman–Crippen MR) is 55.0 cm³/mol. The predicted octanol–water partition coefficient (Wildman–Crippen LogP) is 1.75. The van der Waals surface area contributed by atoms with Crippen molar-refractivity contribution in [2.45, 2.75) is 26.3 Å². The zero-order valence-electron chi connectivity index (χ0n) is 8.39. The lowest BCUT2D eigenvalue weighted by Crippen LogP contribution is -2.10. The maximum absolute atomic E-state index is 6.10. The molecule has 1 N–H and O–H groups in total. The van der Waals surface area contributed by atoms with Gasteiger partial charge in [0.05, 0.1) is 12.2 Å². The first-order valence-corrected chi connectivity index (χ1v) is 4.93. The Kier molecular flexibility index (Phi) is 3.75. The van der Waals surface area contributed by atoms with Gasteiger partial charge in [-0.3, -0.25) is 0 Å². The number of imidazole rings is 1. The van der Waals surface area contributed by atoms with Crippen LogP contribution in [-0.4, -0.2) is 16.6 Å². The minimum Gasteiger partial charge on any atom is -0.321 e. The Labute approximate surface area is 84.1 Å². The van der Waals surface area contributed by atoms with Crippen molar-refractivity contribution in [3.63, 3.8) is 0 Å². The van der Waals surface area contributed by atoms with Crippen molar-refractivity contribution >= 4 is 11.6 Å². The van der Waals surface area contributed by atoms with Crippen LogP contribution in [0.1, 0.15) is 24.9 Å². The molecule has 0 fully saturated rings. The van der Waals surface area contributed by atoms with Gasteiger partial charge in [0, 0.05) is 7.05 Å². The van der Waals surface area contributed by atoms with E-state index in [0.29, 0.717) is 0 Å². The van der Waals surface area contributed by atoms with Crippen LogP contribution in [0, 0.1) is 0 Å². The molecule has 1 aromatic rings. The Morgan fingerprint density at radius 1 is 1.54 bits per heavy atom. The van der Waals surface area contributed by atoms with Gasteiger partial charge in [-0.15, -0.1) is 0 Å². The molecule has 0 spiro atoms. The first kappa shape index (κ1) is 10.5. The summed E-state index contributed by atoms with van der Waals surface area (Å²) in [6.45, 7) is 2.89. The van der Waals surface area contributed by atoms with E-state index < -0.39 is 0 Å². The molecule has 0 radical (unpaired) electrons. The number of halogens is 1. The van der Waals surface area contributed by atoms with E-state index in [1.54, 1.807) is 0 Å². The molecule has 0 aliphatic heterocycles. The molecule has 0 unspecified atom stereocenters. The van der Waals surface area contributed by atoms with E-state index in [4.69, 9.17) is 11.6 Å². The lowest BCUT2D eigenvalue weighted by atomic mass is 10.3. The van der Waals surface area contributed by atoms with Crippen molar-refractivity contribution in [2.24, 2.45) is 7.05 Å². The fourth-order valence-electron chi connectivity index (χ4n) is 1.30. The van der Waals surface area contributed by atoms with E-state index in [2.05, 4.69) is 17.2 Å². The second-order valence-electron chi connectivity index (χ2n) is 3.10. The van der Waals surface area contributed by atoms with Gasteiger partial charge in [-0.2, -0.15) is 0 Å². The van der Waals surface area contributed by atoms with Gasteiger partial charge in [0.15, 0.2) is 0 Å². The molecule has 0 aliphatic rings. The standard InChI is InChI=1S/C9H16ClN3/c1-4-5-7-9(10)13(3)8(12-7)6-11-2/h11H,4-6H2,1-3H3. The molecule has 1 rings (SSSR count). The van der Waals surface area contributed by atoms with Crippen molar-refractivity contribution in [2.75, 3.05) is 7.05 Å². The third kappa shape index (κ3) is 2.23. The molecule has 3 nitrogen and oxygen atoms in total. The topological polar surface area (TPSA) is 29.9 Å². The second kappa shape index (κ2) is 4.63. The molecule has 4 heteroatoms. The summed E-state index contributed by atoms with van der Waals surface area (Å²) in [4.78, 5) is 4.46. The molecule has 0 aromatic carbocycles. The first-order valence-electron chi connectivity index (χ1n) is 4.55. The Morgan fingerprint density at radius 2 is 2.23 bits per heavy atom. The van der Waals surface area contributed by atoms with E-state index in [9.17, 15) is 0 Å². The van der Waals surface area contributed by atoms with E-state index in [-0.39, 0.29) is 0 Å². The average Bonchev–Trinajstić information content (AvgIpc) is 2.36. The molecule has 0 amide bonds. The Morgan fingerprint density at radius 3 is 2.77 bits per heavy atom. The smallest absolute Gasteiger partial charge is 0.131 e. The van der Waals surface area contributed by atoms with Gasteiger partial charge in [0.25, 0.3) is 0 Å². The summed E-state index contributed by atoms with van der Waals surface area (Å²) in [6, 6.07) is 0. The van der Waals surface area contributed by atoms with Crippen LogP contribution >= 0.6 is 11.6 Å². The molecular weight excluding hydrogens is 186 g/mol. The molecule has 0 bridgehead atoms. The summed E-state index contributed by atoms with van der Waals surface area (Å²) in [6.07, 6.45) is 2.03. The minimum absolute atomic E-state index is 0.764. The number of rotatable bonds is 4. The van der Waals surface area contributed by atoms with Crippen LogP contribution in [0.4, 0.5) is 0 Å². The Hall–Kier alpha value is -0.540. The number of hydrogen-bond donors (Lipinski definition) is 1. The van der Waals surface area contributed by atoms with Crippen molar-refractivity contribution < 1.29 is 0 Å². The molecule has 0 saturated carbocycles. The number of aromatic nitrogens is 2. The van der Waals surface area contributed by atoms with Crippen LogP contribution in [0.5, 0.6) is 0 Å². The lowest BCUT2D eigenvalue weighted by molar-refractivity contribution is 0.709. The van der Waals surface area contributed by atoms with Crippen molar-refractivity contribution in [3.05, 3.63) is 16.7 Å². The van der Waals surface area contributed by atoms with Gasteiger partial charge in [-0.25, -0.2) is 4.98 Å². The summed E-state index contributed by atoms with van der Waals surface area (Å²) in [5, 5.41) is 3.84. The first-order chi connectivity index (χ1) is 6.20. The molecule has 13 heavy (non-hydrogen) atoms.